The number of amides is 1. The summed E-state index contributed by atoms with van der Waals surface area (Å²) in [5.74, 6) is -0.0812. The van der Waals surface area contributed by atoms with Gasteiger partial charge in [0.05, 0.1) is 5.56 Å². The fourth-order valence-electron chi connectivity index (χ4n) is 1.39. The molecule has 0 aliphatic heterocycles. The van der Waals surface area contributed by atoms with Crippen LogP contribution in [0.15, 0.2) is 12.8 Å². The summed E-state index contributed by atoms with van der Waals surface area (Å²) in [6.07, 6.45) is 1.71. The van der Waals surface area contributed by atoms with Gasteiger partial charge in [-0.1, -0.05) is 20.4 Å². The van der Waals surface area contributed by atoms with Crippen molar-refractivity contribution in [2.45, 2.75) is 27.7 Å². The van der Waals surface area contributed by atoms with Crippen molar-refractivity contribution < 1.29 is 4.79 Å². The van der Waals surface area contributed by atoms with Gasteiger partial charge in [-0.25, -0.2) is 0 Å². The second-order valence-electron chi connectivity index (χ2n) is 3.06. The highest BCUT2D eigenvalue weighted by molar-refractivity contribution is 5.99. The summed E-state index contributed by atoms with van der Waals surface area (Å²) in [5.41, 5.74) is 3.45. The third-order valence-electron chi connectivity index (χ3n) is 1.98. The zero-order valence-corrected chi connectivity index (χ0v) is 10.2. The minimum Gasteiger partial charge on any atom is -0.364 e. The lowest BCUT2D eigenvalue weighted by Crippen LogP contribution is -2.18. The summed E-state index contributed by atoms with van der Waals surface area (Å²) in [5, 5.41) is 2.59. The first-order chi connectivity index (χ1) is 7.07. The van der Waals surface area contributed by atoms with Gasteiger partial charge in [0.1, 0.15) is 0 Å². The zero-order chi connectivity index (χ0) is 12.0. The average molecular weight is 208 g/mol. The Hall–Kier alpha value is -1.51. The Morgan fingerprint density at radius 1 is 1.47 bits per heavy atom. The summed E-state index contributed by atoms with van der Waals surface area (Å²) in [6, 6.07) is 0. The van der Waals surface area contributed by atoms with Crippen LogP contribution in [0.25, 0.3) is 5.57 Å². The molecular weight excluding hydrogens is 188 g/mol. The number of aromatic nitrogens is 1. The zero-order valence-electron chi connectivity index (χ0n) is 10.2. The maximum absolute atomic E-state index is 11.4. The van der Waals surface area contributed by atoms with E-state index in [4.69, 9.17) is 0 Å². The van der Waals surface area contributed by atoms with Gasteiger partial charge in [-0.05, 0) is 19.4 Å². The number of aryl methyl sites for hydroxylation is 1. The highest BCUT2D eigenvalue weighted by Crippen LogP contribution is 2.20. The molecule has 3 heteroatoms. The third-order valence-corrected chi connectivity index (χ3v) is 1.98. The first-order valence-electron chi connectivity index (χ1n) is 5.14. The molecule has 84 valence electrons. The van der Waals surface area contributed by atoms with Crippen molar-refractivity contribution in [2.24, 2.45) is 0 Å². The predicted octanol–water partition coefficient (Wildman–Crippen LogP) is 2.74. The van der Waals surface area contributed by atoms with Crippen LogP contribution in [0.2, 0.25) is 0 Å². The largest absolute Gasteiger partial charge is 0.364 e. The molecule has 0 spiro atoms. The first kappa shape index (κ1) is 13.5. The van der Waals surface area contributed by atoms with Crippen LogP contribution >= 0.6 is 0 Å². The van der Waals surface area contributed by atoms with Gasteiger partial charge in [0.15, 0.2) is 0 Å². The molecule has 0 aromatic carbocycles. The lowest BCUT2D eigenvalue weighted by atomic mass is 10.0. The molecule has 1 heterocycles. The molecule has 1 aromatic rings. The predicted molar refractivity (Wildman–Crippen MR) is 65.0 cm³/mol. The topological polar surface area (TPSA) is 44.9 Å². The fraction of sp³-hybridized carbons (Fsp3) is 0.417. The third kappa shape index (κ3) is 2.98. The second-order valence-corrected chi connectivity index (χ2v) is 3.06. The van der Waals surface area contributed by atoms with Crippen molar-refractivity contribution in [3.63, 3.8) is 0 Å². The Morgan fingerprint density at radius 3 is 2.40 bits per heavy atom. The van der Waals surface area contributed by atoms with E-state index in [1.165, 1.54) is 0 Å². The van der Waals surface area contributed by atoms with Gasteiger partial charge in [-0.15, -0.1) is 0 Å². The van der Waals surface area contributed by atoms with Crippen molar-refractivity contribution in [1.82, 2.24) is 10.3 Å². The Morgan fingerprint density at radius 2 is 2.00 bits per heavy atom. The van der Waals surface area contributed by atoms with Gasteiger partial charge >= 0.3 is 0 Å². The number of carbonyl (C=O) groups excluding carboxylic acids is 1. The Balaban J connectivity index is 0.000000921. The Kier molecular flexibility index (Phi) is 5.45. The van der Waals surface area contributed by atoms with Gasteiger partial charge < -0.3 is 10.3 Å². The van der Waals surface area contributed by atoms with E-state index >= 15 is 0 Å². The van der Waals surface area contributed by atoms with Gasteiger partial charge in [0, 0.05) is 24.5 Å². The van der Waals surface area contributed by atoms with Crippen molar-refractivity contribution >= 4 is 11.5 Å². The molecule has 0 atom stereocenters. The SMILES string of the molecule is C=C(C)c1c(C(=O)NC)c[nH]c1C.CC. The number of carbonyl (C=O) groups is 1. The van der Waals surface area contributed by atoms with E-state index in [0.717, 1.165) is 16.8 Å². The van der Waals surface area contributed by atoms with Crippen LogP contribution in [0.5, 0.6) is 0 Å². The molecule has 0 radical (unpaired) electrons. The summed E-state index contributed by atoms with van der Waals surface area (Å²) in [7, 11) is 1.62. The molecule has 0 saturated heterocycles. The minimum absolute atomic E-state index is 0.0812. The molecule has 0 bridgehead atoms. The molecule has 0 saturated carbocycles. The number of hydrogen-bond acceptors (Lipinski definition) is 1. The molecule has 0 aliphatic carbocycles. The van der Waals surface area contributed by atoms with E-state index in [1.54, 1.807) is 13.2 Å². The van der Waals surface area contributed by atoms with E-state index in [1.807, 2.05) is 27.7 Å². The van der Waals surface area contributed by atoms with Crippen molar-refractivity contribution in [1.29, 1.82) is 0 Å². The molecule has 3 nitrogen and oxygen atoms in total. The molecule has 2 N–H and O–H groups in total. The molecule has 1 amide bonds. The van der Waals surface area contributed by atoms with Gasteiger partial charge in [0.2, 0.25) is 0 Å². The molecular formula is C12H20N2O. The van der Waals surface area contributed by atoms with Crippen LogP contribution in [-0.2, 0) is 0 Å². The lowest BCUT2D eigenvalue weighted by molar-refractivity contribution is 0.0963. The quantitative estimate of drug-likeness (QED) is 0.771. The number of rotatable bonds is 2. The second kappa shape index (κ2) is 6.06. The Bertz CT molecular complexity index is 351. The van der Waals surface area contributed by atoms with E-state index in [9.17, 15) is 4.79 Å². The number of H-pyrrole nitrogens is 1. The average Bonchev–Trinajstić information content (AvgIpc) is 2.62. The maximum Gasteiger partial charge on any atom is 0.253 e. The smallest absolute Gasteiger partial charge is 0.253 e. The molecule has 1 rings (SSSR count). The van der Waals surface area contributed by atoms with Crippen LogP contribution in [0.3, 0.4) is 0 Å². The number of nitrogens with one attached hydrogen (secondary N) is 2. The van der Waals surface area contributed by atoms with Crippen LogP contribution in [-0.4, -0.2) is 17.9 Å². The van der Waals surface area contributed by atoms with Crippen molar-refractivity contribution in [3.05, 3.63) is 29.6 Å². The molecule has 15 heavy (non-hydrogen) atoms. The summed E-state index contributed by atoms with van der Waals surface area (Å²) < 4.78 is 0. The summed E-state index contributed by atoms with van der Waals surface area (Å²) in [6.45, 7) is 11.7. The fourth-order valence-corrected chi connectivity index (χ4v) is 1.39. The van der Waals surface area contributed by atoms with Crippen LogP contribution in [0.4, 0.5) is 0 Å². The van der Waals surface area contributed by atoms with E-state index in [-0.39, 0.29) is 5.91 Å². The highest BCUT2D eigenvalue weighted by atomic mass is 16.1. The highest BCUT2D eigenvalue weighted by Gasteiger charge is 2.13. The van der Waals surface area contributed by atoms with Crippen LogP contribution in [0.1, 0.15) is 42.4 Å². The van der Waals surface area contributed by atoms with Crippen molar-refractivity contribution in [3.8, 4) is 0 Å². The first-order valence-corrected chi connectivity index (χ1v) is 5.14. The van der Waals surface area contributed by atoms with Crippen molar-refractivity contribution in [2.75, 3.05) is 7.05 Å². The summed E-state index contributed by atoms with van der Waals surface area (Å²) in [4.78, 5) is 14.4. The Labute approximate surface area is 91.6 Å². The summed E-state index contributed by atoms with van der Waals surface area (Å²) >= 11 is 0. The molecule has 0 fully saturated rings. The molecule has 0 aliphatic rings. The van der Waals surface area contributed by atoms with E-state index in [2.05, 4.69) is 16.9 Å². The number of hydrogen-bond donors (Lipinski definition) is 2. The minimum atomic E-state index is -0.0812. The lowest BCUT2D eigenvalue weighted by Gasteiger charge is -2.02. The van der Waals surface area contributed by atoms with Crippen LogP contribution in [0, 0.1) is 6.92 Å². The molecule has 0 unspecified atom stereocenters. The monoisotopic (exact) mass is 208 g/mol. The van der Waals surface area contributed by atoms with Gasteiger partial charge in [0.25, 0.3) is 5.91 Å². The van der Waals surface area contributed by atoms with Crippen LogP contribution < -0.4 is 5.32 Å². The number of allylic oxidation sites excluding steroid dienone is 1. The standard InChI is InChI=1S/C10H14N2O.C2H6/c1-6(2)9-7(3)12-5-8(9)10(13)11-4;1-2/h5,12H,1H2,2-4H3,(H,11,13);1-2H3. The molecule has 1 aromatic heterocycles. The van der Waals surface area contributed by atoms with Gasteiger partial charge in [-0.3, -0.25) is 4.79 Å². The maximum atomic E-state index is 11.4. The number of aromatic amines is 1. The normalized spacial score (nSPS) is 8.87. The van der Waals surface area contributed by atoms with Gasteiger partial charge in [-0.2, -0.15) is 0 Å². The van der Waals surface area contributed by atoms with E-state index in [0.29, 0.717) is 5.56 Å². The van der Waals surface area contributed by atoms with E-state index < -0.39 is 0 Å².